The van der Waals surface area contributed by atoms with Crippen LogP contribution in [0.4, 0.5) is 0 Å². The lowest BCUT2D eigenvalue weighted by Gasteiger charge is -2.34. The molecule has 4 heteroatoms. The van der Waals surface area contributed by atoms with Gasteiger partial charge in [0, 0.05) is 39.5 Å². The summed E-state index contributed by atoms with van der Waals surface area (Å²) in [7, 11) is 0. The molecule has 0 aromatic carbocycles. The van der Waals surface area contributed by atoms with Gasteiger partial charge in [-0.25, -0.2) is 0 Å². The predicted octanol–water partition coefficient (Wildman–Crippen LogP) is 1.03. The summed E-state index contributed by atoms with van der Waals surface area (Å²) < 4.78 is 0. The fourth-order valence-electron chi connectivity index (χ4n) is 2.49. The van der Waals surface area contributed by atoms with Gasteiger partial charge in [0.2, 0.25) is 11.8 Å². The molecule has 0 spiro atoms. The molecule has 1 unspecified atom stereocenters. The average molecular weight is 236 g/mol. The van der Waals surface area contributed by atoms with Crippen molar-refractivity contribution >= 4 is 11.8 Å². The lowest BCUT2D eigenvalue weighted by molar-refractivity contribution is -0.138. The second-order valence-electron chi connectivity index (χ2n) is 4.86. The highest BCUT2D eigenvalue weighted by Gasteiger charge is 2.24. The molecule has 1 aliphatic carbocycles. The Balaban J connectivity index is 1.77. The maximum atomic E-state index is 12.0. The van der Waals surface area contributed by atoms with Gasteiger partial charge in [-0.2, -0.15) is 0 Å². The van der Waals surface area contributed by atoms with Crippen molar-refractivity contribution in [3.05, 3.63) is 12.2 Å². The molecule has 0 saturated carbocycles. The van der Waals surface area contributed by atoms with Gasteiger partial charge in [-0.1, -0.05) is 12.2 Å². The number of hydrogen-bond acceptors (Lipinski definition) is 2. The summed E-state index contributed by atoms with van der Waals surface area (Å²) in [6.45, 7) is 4.33. The number of allylic oxidation sites excluding steroid dienone is 2. The minimum atomic E-state index is 0.107. The van der Waals surface area contributed by atoms with Crippen molar-refractivity contribution in [2.24, 2.45) is 5.92 Å². The van der Waals surface area contributed by atoms with Crippen LogP contribution in [0.15, 0.2) is 12.2 Å². The highest BCUT2D eigenvalue weighted by Crippen LogP contribution is 2.21. The molecule has 0 radical (unpaired) electrons. The highest BCUT2D eigenvalue weighted by molar-refractivity contribution is 5.78. The van der Waals surface area contributed by atoms with Crippen LogP contribution in [0.2, 0.25) is 0 Å². The molecule has 1 saturated heterocycles. The molecule has 0 aromatic rings. The van der Waals surface area contributed by atoms with Gasteiger partial charge in [0.1, 0.15) is 0 Å². The molecule has 1 atom stereocenters. The van der Waals surface area contributed by atoms with Crippen molar-refractivity contribution in [2.75, 3.05) is 26.2 Å². The van der Waals surface area contributed by atoms with E-state index in [0.717, 1.165) is 12.8 Å². The molecule has 2 rings (SSSR count). The second-order valence-corrected chi connectivity index (χ2v) is 4.86. The van der Waals surface area contributed by atoms with Crippen LogP contribution in [0.1, 0.15) is 26.2 Å². The number of carbonyl (C=O) groups is 2. The van der Waals surface area contributed by atoms with Gasteiger partial charge in [0.15, 0.2) is 0 Å². The van der Waals surface area contributed by atoms with Crippen molar-refractivity contribution in [2.45, 2.75) is 26.2 Å². The van der Waals surface area contributed by atoms with Gasteiger partial charge in [-0.3, -0.25) is 9.59 Å². The molecule has 1 aliphatic heterocycles. The van der Waals surface area contributed by atoms with Crippen LogP contribution >= 0.6 is 0 Å². The quantitative estimate of drug-likeness (QED) is 0.672. The number of rotatable bonds is 2. The Bertz CT molecular complexity index is 330. The monoisotopic (exact) mass is 236 g/mol. The molecule has 1 heterocycles. The average Bonchev–Trinajstić information content (AvgIpc) is 2.82. The van der Waals surface area contributed by atoms with E-state index in [1.807, 2.05) is 4.90 Å². The van der Waals surface area contributed by atoms with Crippen LogP contribution < -0.4 is 0 Å². The summed E-state index contributed by atoms with van der Waals surface area (Å²) in [5.41, 5.74) is 0. The standard InChI is InChI=1S/C13H20N2O2/c1-11(16)14-6-8-15(9-7-14)13(17)10-12-4-2-3-5-12/h2,4,12H,3,5-10H2,1H3. The SMILES string of the molecule is CC(=O)N1CCN(C(=O)CC2C=CCC2)CC1. The predicted molar refractivity (Wildman–Crippen MR) is 65.3 cm³/mol. The van der Waals surface area contributed by atoms with Crippen molar-refractivity contribution in [1.82, 2.24) is 9.80 Å². The Morgan fingerprint density at radius 2 is 1.82 bits per heavy atom. The molecule has 0 N–H and O–H groups in total. The highest BCUT2D eigenvalue weighted by atomic mass is 16.2. The molecular formula is C13H20N2O2. The molecule has 0 aromatic heterocycles. The smallest absolute Gasteiger partial charge is 0.223 e. The van der Waals surface area contributed by atoms with E-state index < -0.39 is 0 Å². The molecule has 17 heavy (non-hydrogen) atoms. The number of piperazine rings is 1. The maximum absolute atomic E-state index is 12.0. The van der Waals surface area contributed by atoms with E-state index in [1.165, 1.54) is 0 Å². The summed E-state index contributed by atoms with van der Waals surface area (Å²) in [5.74, 6) is 0.786. The summed E-state index contributed by atoms with van der Waals surface area (Å²) in [5, 5.41) is 0. The first kappa shape index (κ1) is 12.1. The van der Waals surface area contributed by atoms with E-state index >= 15 is 0 Å². The van der Waals surface area contributed by atoms with Gasteiger partial charge in [0.05, 0.1) is 0 Å². The molecule has 2 amide bonds. The Morgan fingerprint density at radius 1 is 1.18 bits per heavy atom. The zero-order chi connectivity index (χ0) is 12.3. The number of nitrogens with zero attached hydrogens (tertiary/aromatic N) is 2. The summed E-state index contributed by atoms with van der Waals surface area (Å²) in [4.78, 5) is 26.9. The van der Waals surface area contributed by atoms with Crippen LogP contribution in [0.3, 0.4) is 0 Å². The van der Waals surface area contributed by atoms with E-state index in [1.54, 1.807) is 11.8 Å². The Morgan fingerprint density at radius 3 is 2.35 bits per heavy atom. The molecule has 2 aliphatic rings. The Hall–Kier alpha value is -1.32. The van der Waals surface area contributed by atoms with Gasteiger partial charge in [-0.05, 0) is 18.8 Å². The number of hydrogen-bond donors (Lipinski definition) is 0. The van der Waals surface area contributed by atoms with Gasteiger partial charge in [0.25, 0.3) is 0 Å². The largest absolute Gasteiger partial charge is 0.339 e. The molecule has 4 nitrogen and oxygen atoms in total. The number of amides is 2. The van der Waals surface area contributed by atoms with E-state index in [0.29, 0.717) is 38.5 Å². The summed E-state index contributed by atoms with van der Waals surface area (Å²) in [6, 6.07) is 0. The van der Waals surface area contributed by atoms with Crippen LogP contribution in [0, 0.1) is 5.92 Å². The van der Waals surface area contributed by atoms with Crippen LogP contribution in [0.25, 0.3) is 0 Å². The first-order valence-electron chi connectivity index (χ1n) is 6.37. The third kappa shape index (κ3) is 3.08. The topological polar surface area (TPSA) is 40.6 Å². The van der Waals surface area contributed by atoms with Crippen molar-refractivity contribution in [3.63, 3.8) is 0 Å². The zero-order valence-corrected chi connectivity index (χ0v) is 10.4. The molecule has 0 bridgehead atoms. The minimum absolute atomic E-state index is 0.107. The van der Waals surface area contributed by atoms with E-state index in [2.05, 4.69) is 12.2 Å². The van der Waals surface area contributed by atoms with Crippen molar-refractivity contribution in [3.8, 4) is 0 Å². The fraction of sp³-hybridized carbons (Fsp3) is 0.692. The second kappa shape index (κ2) is 5.34. The van der Waals surface area contributed by atoms with Crippen LogP contribution in [0.5, 0.6) is 0 Å². The Kier molecular flexibility index (Phi) is 3.82. The van der Waals surface area contributed by atoms with E-state index in [-0.39, 0.29) is 11.8 Å². The number of carbonyl (C=O) groups excluding carboxylic acids is 2. The van der Waals surface area contributed by atoms with Crippen LogP contribution in [-0.4, -0.2) is 47.8 Å². The third-order valence-electron chi connectivity index (χ3n) is 3.63. The Labute approximate surface area is 102 Å². The normalized spacial score (nSPS) is 24.2. The van der Waals surface area contributed by atoms with Crippen LogP contribution in [-0.2, 0) is 9.59 Å². The first-order valence-corrected chi connectivity index (χ1v) is 6.37. The molecule has 94 valence electrons. The first-order chi connectivity index (χ1) is 8.16. The van der Waals surface area contributed by atoms with E-state index in [4.69, 9.17) is 0 Å². The zero-order valence-electron chi connectivity index (χ0n) is 10.4. The van der Waals surface area contributed by atoms with Crippen molar-refractivity contribution in [1.29, 1.82) is 0 Å². The van der Waals surface area contributed by atoms with Gasteiger partial charge in [-0.15, -0.1) is 0 Å². The molecular weight excluding hydrogens is 216 g/mol. The maximum Gasteiger partial charge on any atom is 0.223 e. The van der Waals surface area contributed by atoms with Crippen molar-refractivity contribution < 1.29 is 9.59 Å². The lowest BCUT2D eigenvalue weighted by Crippen LogP contribution is -2.50. The third-order valence-corrected chi connectivity index (χ3v) is 3.63. The lowest BCUT2D eigenvalue weighted by atomic mass is 10.0. The minimum Gasteiger partial charge on any atom is -0.339 e. The molecule has 1 fully saturated rings. The summed E-state index contributed by atoms with van der Waals surface area (Å²) >= 11 is 0. The summed E-state index contributed by atoms with van der Waals surface area (Å²) in [6.07, 6.45) is 7.17. The van der Waals surface area contributed by atoms with E-state index in [9.17, 15) is 9.59 Å². The van der Waals surface area contributed by atoms with Gasteiger partial charge < -0.3 is 9.80 Å². The fourth-order valence-corrected chi connectivity index (χ4v) is 2.49. The van der Waals surface area contributed by atoms with Gasteiger partial charge >= 0.3 is 0 Å².